The Morgan fingerprint density at radius 3 is 2.57 bits per heavy atom. The Balaban J connectivity index is 3.50. The van der Waals surface area contributed by atoms with Crippen LogP contribution in [0.3, 0.4) is 0 Å². The Morgan fingerprint density at radius 2 is 2.07 bits per heavy atom. The lowest BCUT2D eigenvalue weighted by atomic mass is 10.2. The summed E-state index contributed by atoms with van der Waals surface area (Å²) in [5.74, 6) is -0.134. The first-order chi connectivity index (χ1) is 6.57. The molecule has 1 unspecified atom stereocenters. The monoisotopic (exact) mass is 219 g/mol. The summed E-state index contributed by atoms with van der Waals surface area (Å²) in [6, 6.07) is -0.789. The molecule has 4 nitrogen and oxygen atoms in total. The van der Waals surface area contributed by atoms with Crippen LogP contribution in [-0.2, 0) is 9.59 Å². The normalized spacial score (nSPS) is 12.1. The third-order valence-corrected chi connectivity index (χ3v) is 2.45. The van der Waals surface area contributed by atoms with Gasteiger partial charge in [0.05, 0.1) is 0 Å². The second kappa shape index (κ2) is 7.67. The van der Waals surface area contributed by atoms with Crippen LogP contribution in [0.4, 0.5) is 0 Å². The van der Waals surface area contributed by atoms with E-state index in [1.807, 2.05) is 6.26 Å². The van der Waals surface area contributed by atoms with Gasteiger partial charge in [-0.1, -0.05) is 0 Å². The standard InChI is InChI=1S/C9H17NO3S/c1-7(9(12)13)10-8(11)5-3-4-6-14-2/h7H,3-6H2,1-2H3,(H,10,11)(H,12,13). The Hall–Kier alpha value is -0.710. The van der Waals surface area contributed by atoms with Gasteiger partial charge in [0, 0.05) is 6.42 Å². The van der Waals surface area contributed by atoms with Crippen LogP contribution >= 0.6 is 11.8 Å². The van der Waals surface area contributed by atoms with Crippen LogP contribution in [0.25, 0.3) is 0 Å². The Labute approximate surface area is 88.4 Å². The first-order valence-electron chi connectivity index (χ1n) is 4.59. The number of carboxylic acids is 1. The van der Waals surface area contributed by atoms with E-state index >= 15 is 0 Å². The van der Waals surface area contributed by atoms with E-state index in [1.54, 1.807) is 11.8 Å². The molecule has 0 heterocycles. The molecule has 0 aromatic carbocycles. The fraction of sp³-hybridized carbons (Fsp3) is 0.778. The summed E-state index contributed by atoms with van der Waals surface area (Å²) in [6.45, 7) is 1.46. The van der Waals surface area contributed by atoms with Gasteiger partial charge in [-0.3, -0.25) is 9.59 Å². The van der Waals surface area contributed by atoms with Crippen molar-refractivity contribution in [1.29, 1.82) is 0 Å². The molecule has 14 heavy (non-hydrogen) atoms. The van der Waals surface area contributed by atoms with Gasteiger partial charge >= 0.3 is 5.97 Å². The number of unbranched alkanes of at least 4 members (excludes halogenated alkanes) is 1. The van der Waals surface area contributed by atoms with Gasteiger partial charge in [0.15, 0.2) is 0 Å². The van der Waals surface area contributed by atoms with E-state index in [0.29, 0.717) is 6.42 Å². The third kappa shape index (κ3) is 6.77. The fourth-order valence-corrected chi connectivity index (χ4v) is 1.40. The number of hydrogen-bond donors (Lipinski definition) is 2. The molecule has 0 radical (unpaired) electrons. The average Bonchev–Trinajstić information content (AvgIpc) is 2.12. The molecular formula is C9H17NO3S. The van der Waals surface area contributed by atoms with Crippen LogP contribution < -0.4 is 5.32 Å². The topological polar surface area (TPSA) is 66.4 Å². The Morgan fingerprint density at radius 1 is 1.43 bits per heavy atom. The summed E-state index contributed by atoms with van der Waals surface area (Å²) in [5.41, 5.74) is 0. The van der Waals surface area contributed by atoms with E-state index in [1.165, 1.54) is 6.92 Å². The molecule has 0 spiro atoms. The highest BCUT2D eigenvalue weighted by Crippen LogP contribution is 2.02. The average molecular weight is 219 g/mol. The maximum Gasteiger partial charge on any atom is 0.325 e. The molecule has 0 saturated heterocycles. The highest BCUT2D eigenvalue weighted by molar-refractivity contribution is 7.98. The van der Waals surface area contributed by atoms with Crippen LogP contribution in [-0.4, -0.2) is 35.0 Å². The minimum absolute atomic E-state index is 0.180. The summed E-state index contributed by atoms with van der Waals surface area (Å²) in [6.07, 6.45) is 4.25. The number of thioether (sulfide) groups is 1. The zero-order chi connectivity index (χ0) is 11.0. The number of carbonyl (C=O) groups is 2. The second-order valence-corrected chi connectivity index (χ2v) is 4.06. The fourth-order valence-electron chi connectivity index (χ4n) is 0.907. The lowest BCUT2D eigenvalue weighted by Gasteiger charge is -2.08. The summed E-state index contributed by atoms with van der Waals surface area (Å²) < 4.78 is 0. The van der Waals surface area contributed by atoms with E-state index in [9.17, 15) is 9.59 Å². The zero-order valence-electron chi connectivity index (χ0n) is 8.58. The van der Waals surface area contributed by atoms with Crippen molar-refractivity contribution < 1.29 is 14.7 Å². The van der Waals surface area contributed by atoms with Crippen molar-refractivity contribution in [3.63, 3.8) is 0 Å². The largest absolute Gasteiger partial charge is 0.480 e. The number of rotatable bonds is 7. The van der Waals surface area contributed by atoms with Crippen molar-refractivity contribution in [3.05, 3.63) is 0 Å². The molecule has 5 heteroatoms. The van der Waals surface area contributed by atoms with Crippen molar-refractivity contribution >= 4 is 23.6 Å². The van der Waals surface area contributed by atoms with E-state index in [2.05, 4.69) is 5.32 Å². The lowest BCUT2D eigenvalue weighted by Crippen LogP contribution is -2.38. The van der Waals surface area contributed by atoms with Gasteiger partial charge in [0.2, 0.25) is 5.91 Å². The summed E-state index contributed by atoms with van der Waals surface area (Å²) in [4.78, 5) is 21.5. The molecule has 0 aliphatic carbocycles. The summed E-state index contributed by atoms with van der Waals surface area (Å²) >= 11 is 1.75. The van der Waals surface area contributed by atoms with E-state index in [-0.39, 0.29) is 5.91 Å². The van der Waals surface area contributed by atoms with E-state index < -0.39 is 12.0 Å². The van der Waals surface area contributed by atoms with Gasteiger partial charge in [-0.2, -0.15) is 11.8 Å². The second-order valence-electron chi connectivity index (χ2n) is 3.08. The molecule has 0 aromatic heterocycles. The molecule has 0 bridgehead atoms. The van der Waals surface area contributed by atoms with Gasteiger partial charge in [-0.25, -0.2) is 0 Å². The third-order valence-electron chi connectivity index (χ3n) is 1.75. The number of carboxylic acid groups (broad SMARTS) is 1. The lowest BCUT2D eigenvalue weighted by molar-refractivity contribution is -0.141. The number of nitrogens with one attached hydrogen (secondary N) is 1. The molecule has 1 amide bonds. The first kappa shape index (κ1) is 13.3. The number of hydrogen-bond acceptors (Lipinski definition) is 3. The SMILES string of the molecule is CSCCCCC(=O)NC(C)C(=O)O. The van der Waals surface area contributed by atoms with Crippen LogP contribution in [0, 0.1) is 0 Å². The van der Waals surface area contributed by atoms with E-state index in [4.69, 9.17) is 5.11 Å². The Kier molecular flexibility index (Phi) is 7.28. The van der Waals surface area contributed by atoms with Crippen molar-refractivity contribution in [3.8, 4) is 0 Å². The predicted octanol–water partition coefficient (Wildman–Crippen LogP) is 1.11. The van der Waals surface area contributed by atoms with Gasteiger partial charge in [-0.05, 0) is 31.8 Å². The Bertz CT molecular complexity index is 196. The van der Waals surface area contributed by atoms with Crippen LogP contribution in [0.2, 0.25) is 0 Å². The molecule has 0 fully saturated rings. The molecule has 0 rings (SSSR count). The molecular weight excluding hydrogens is 202 g/mol. The minimum Gasteiger partial charge on any atom is -0.480 e. The van der Waals surface area contributed by atoms with Crippen LogP contribution in [0.15, 0.2) is 0 Å². The first-order valence-corrected chi connectivity index (χ1v) is 5.98. The molecule has 0 saturated carbocycles. The van der Waals surface area contributed by atoms with Gasteiger partial charge < -0.3 is 10.4 Å². The molecule has 1 atom stereocenters. The number of amides is 1. The highest BCUT2D eigenvalue weighted by Gasteiger charge is 2.12. The molecule has 0 aliphatic heterocycles. The number of carbonyl (C=O) groups excluding carboxylic acids is 1. The maximum atomic E-state index is 11.1. The predicted molar refractivity (Wildman–Crippen MR) is 57.5 cm³/mol. The number of aliphatic carboxylic acids is 1. The van der Waals surface area contributed by atoms with Crippen LogP contribution in [0.1, 0.15) is 26.2 Å². The summed E-state index contributed by atoms with van der Waals surface area (Å²) in [5, 5.41) is 10.9. The summed E-state index contributed by atoms with van der Waals surface area (Å²) in [7, 11) is 0. The molecule has 0 aromatic rings. The van der Waals surface area contributed by atoms with Crippen molar-refractivity contribution in [2.75, 3.05) is 12.0 Å². The maximum absolute atomic E-state index is 11.1. The van der Waals surface area contributed by atoms with Crippen molar-refractivity contribution in [2.45, 2.75) is 32.2 Å². The van der Waals surface area contributed by atoms with Crippen molar-refractivity contribution in [1.82, 2.24) is 5.32 Å². The van der Waals surface area contributed by atoms with Gasteiger partial charge in [0.25, 0.3) is 0 Å². The van der Waals surface area contributed by atoms with Crippen molar-refractivity contribution in [2.24, 2.45) is 0 Å². The van der Waals surface area contributed by atoms with Gasteiger partial charge in [0.1, 0.15) is 6.04 Å². The molecule has 2 N–H and O–H groups in total. The minimum atomic E-state index is -0.998. The van der Waals surface area contributed by atoms with Crippen LogP contribution in [0.5, 0.6) is 0 Å². The quantitative estimate of drug-likeness (QED) is 0.629. The highest BCUT2D eigenvalue weighted by atomic mass is 32.2. The van der Waals surface area contributed by atoms with E-state index in [0.717, 1.165) is 18.6 Å². The zero-order valence-corrected chi connectivity index (χ0v) is 9.39. The molecule has 0 aliphatic rings. The smallest absolute Gasteiger partial charge is 0.325 e. The van der Waals surface area contributed by atoms with Gasteiger partial charge in [-0.15, -0.1) is 0 Å². The molecule has 82 valence electrons.